The first kappa shape index (κ1) is 15.4. The highest BCUT2D eigenvalue weighted by atomic mass is 16.5. The Labute approximate surface area is 136 Å². The summed E-state index contributed by atoms with van der Waals surface area (Å²) in [6, 6.07) is 15.7. The number of hydrogen-bond acceptors (Lipinski definition) is 3. The summed E-state index contributed by atoms with van der Waals surface area (Å²) in [6.07, 6.45) is 1.00. The van der Waals surface area contributed by atoms with Crippen LogP contribution >= 0.6 is 0 Å². The SMILES string of the molecule is COc1ccc(C(=O)N2CC[C@@H](c3ccccc3)C2)cc1OC. The number of ether oxygens (including phenoxy) is 2. The lowest BCUT2D eigenvalue weighted by Gasteiger charge is -2.18. The van der Waals surface area contributed by atoms with Crippen molar-refractivity contribution >= 4 is 5.91 Å². The van der Waals surface area contributed by atoms with Gasteiger partial charge in [-0.25, -0.2) is 0 Å². The van der Waals surface area contributed by atoms with Crippen molar-refractivity contribution in [3.8, 4) is 11.5 Å². The molecule has 4 nitrogen and oxygen atoms in total. The van der Waals surface area contributed by atoms with E-state index in [1.54, 1.807) is 32.4 Å². The third-order valence-corrected chi connectivity index (χ3v) is 4.38. The molecular weight excluding hydrogens is 290 g/mol. The number of methoxy groups -OCH3 is 2. The zero-order valence-electron chi connectivity index (χ0n) is 13.5. The fraction of sp³-hybridized carbons (Fsp3) is 0.316. The lowest BCUT2D eigenvalue weighted by Crippen LogP contribution is -2.28. The minimum atomic E-state index is 0.0457. The minimum Gasteiger partial charge on any atom is -0.493 e. The maximum absolute atomic E-state index is 12.7. The van der Waals surface area contributed by atoms with Gasteiger partial charge in [0, 0.05) is 24.6 Å². The molecule has 0 saturated carbocycles. The van der Waals surface area contributed by atoms with Crippen LogP contribution in [0.5, 0.6) is 11.5 Å². The smallest absolute Gasteiger partial charge is 0.254 e. The van der Waals surface area contributed by atoms with Crippen molar-refractivity contribution in [2.45, 2.75) is 12.3 Å². The van der Waals surface area contributed by atoms with Crippen LogP contribution in [0.4, 0.5) is 0 Å². The second kappa shape index (κ2) is 6.73. The molecule has 2 aromatic carbocycles. The molecule has 0 N–H and O–H groups in total. The van der Waals surface area contributed by atoms with Gasteiger partial charge in [0.15, 0.2) is 11.5 Å². The predicted molar refractivity (Wildman–Crippen MR) is 89.2 cm³/mol. The maximum atomic E-state index is 12.7. The van der Waals surface area contributed by atoms with Crippen LogP contribution in [0.25, 0.3) is 0 Å². The summed E-state index contributed by atoms with van der Waals surface area (Å²) in [6.45, 7) is 1.55. The van der Waals surface area contributed by atoms with Crippen molar-refractivity contribution in [3.63, 3.8) is 0 Å². The normalized spacial score (nSPS) is 17.1. The van der Waals surface area contributed by atoms with E-state index < -0.39 is 0 Å². The van der Waals surface area contributed by atoms with Crippen molar-refractivity contribution in [1.82, 2.24) is 4.90 Å². The summed E-state index contributed by atoms with van der Waals surface area (Å²) in [4.78, 5) is 14.6. The molecule has 0 radical (unpaired) electrons. The number of benzene rings is 2. The zero-order chi connectivity index (χ0) is 16.2. The highest BCUT2D eigenvalue weighted by Gasteiger charge is 2.28. The highest BCUT2D eigenvalue weighted by Crippen LogP contribution is 2.31. The van der Waals surface area contributed by atoms with E-state index in [1.165, 1.54) is 5.56 Å². The first-order chi connectivity index (χ1) is 11.2. The number of likely N-dealkylation sites (tertiary alicyclic amines) is 1. The van der Waals surface area contributed by atoms with Crippen LogP contribution in [0.1, 0.15) is 28.3 Å². The van der Waals surface area contributed by atoms with Crippen LogP contribution in [-0.4, -0.2) is 38.1 Å². The summed E-state index contributed by atoms with van der Waals surface area (Å²) in [5.41, 5.74) is 1.94. The Bertz CT molecular complexity index is 684. The molecule has 3 rings (SSSR count). The van der Waals surface area contributed by atoms with Crippen LogP contribution < -0.4 is 9.47 Å². The van der Waals surface area contributed by atoms with E-state index in [-0.39, 0.29) is 5.91 Å². The van der Waals surface area contributed by atoms with E-state index in [0.717, 1.165) is 19.5 Å². The van der Waals surface area contributed by atoms with Crippen LogP contribution in [0, 0.1) is 0 Å². The molecule has 0 unspecified atom stereocenters. The molecule has 23 heavy (non-hydrogen) atoms. The van der Waals surface area contributed by atoms with Gasteiger partial charge in [0.2, 0.25) is 0 Å². The van der Waals surface area contributed by atoms with Crippen molar-refractivity contribution in [2.75, 3.05) is 27.3 Å². The quantitative estimate of drug-likeness (QED) is 0.869. The summed E-state index contributed by atoms with van der Waals surface area (Å²) in [5, 5.41) is 0. The molecule has 1 heterocycles. The van der Waals surface area contributed by atoms with Crippen LogP contribution in [0.2, 0.25) is 0 Å². The Morgan fingerprint density at radius 1 is 1.04 bits per heavy atom. The number of nitrogens with zero attached hydrogens (tertiary/aromatic N) is 1. The number of rotatable bonds is 4. The van der Waals surface area contributed by atoms with E-state index in [9.17, 15) is 4.79 Å². The molecule has 0 aliphatic carbocycles. The van der Waals surface area contributed by atoms with Crippen LogP contribution in [-0.2, 0) is 0 Å². The molecule has 0 aromatic heterocycles. The third-order valence-electron chi connectivity index (χ3n) is 4.38. The first-order valence-electron chi connectivity index (χ1n) is 7.79. The predicted octanol–water partition coefficient (Wildman–Crippen LogP) is 3.33. The second-order valence-electron chi connectivity index (χ2n) is 5.72. The molecule has 0 spiro atoms. The van der Waals surface area contributed by atoms with E-state index in [4.69, 9.17) is 9.47 Å². The Morgan fingerprint density at radius 3 is 2.48 bits per heavy atom. The molecule has 1 aliphatic rings. The van der Waals surface area contributed by atoms with Gasteiger partial charge in [0.1, 0.15) is 0 Å². The van der Waals surface area contributed by atoms with Gasteiger partial charge in [-0.05, 0) is 30.2 Å². The van der Waals surface area contributed by atoms with Crippen molar-refractivity contribution in [2.24, 2.45) is 0 Å². The number of carbonyl (C=O) groups is 1. The fourth-order valence-electron chi connectivity index (χ4n) is 3.09. The first-order valence-corrected chi connectivity index (χ1v) is 7.79. The average Bonchev–Trinajstić information content (AvgIpc) is 3.11. The van der Waals surface area contributed by atoms with Crippen molar-refractivity contribution in [3.05, 3.63) is 59.7 Å². The van der Waals surface area contributed by atoms with E-state index in [2.05, 4.69) is 12.1 Å². The van der Waals surface area contributed by atoms with Crippen LogP contribution in [0.15, 0.2) is 48.5 Å². The Morgan fingerprint density at radius 2 is 1.78 bits per heavy atom. The number of carbonyl (C=O) groups excluding carboxylic acids is 1. The molecule has 1 amide bonds. The monoisotopic (exact) mass is 311 g/mol. The maximum Gasteiger partial charge on any atom is 0.254 e. The number of hydrogen-bond donors (Lipinski definition) is 0. The van der Waals surface area contributed by atoms with Gasteiger partial charge in [-0.2, -0.15) is 0 Å². The summed E-state index contributed by atoms with van der Waals surface area (Å²) in [5.74, 6) is 1.68. The fourth-order valence-corrected chi connectivity index (χ4v) is 3.09. The molecule has 1 saturated heterocycles. The lowest BCUT2D eigenvalue weighted by atomic mass is 9.99. The summed E-state index contributed by atoms with van der Waals surface area (Å²) in [7, 11) is 3.16. The minimum absolute atomic E-state index is 0.0457. The second-order valence-corrected chi connectivity index (χ2v) is 5.72. The van der Waals surface area contributed by atoms with Gasteiger partial charge in [0.05, 0.1) is 14.2 Å². The molecule has 1 aliphatic heterocycles. The summed E-state index contributed by atoms with van der Waals surface area (Å²) < 4.78 is 10.5. The van der Waals surface area contributed by atoms with E-state index in [1.807, 2.05) is 23.1 Å². The highest BCUT2D eigenvalue weighted by molar-refractivity contribution is 5.95. The standard InChI is InChI=1S/C19H21NO3/c1-22-17-9-8-15(12-18(17)23-2)19(21)20-11-10-16(13-20)14-6-4-3-5-7-14/h3-9,12,16H,10-11,13H2,1-2H3/t16-/m1/s1. The van der Waals surface area contributed by atoms with E-state index >= 15 is 0 Å². The Kier molecular flexibility index (Phi) is 4.51. The molecule has 1 atom stereocenters. The largest absolute Gasteiger partial charge is 0.493 e. The third kappa shape index (κ3) is 3.16. The van der Waals surface area contributed by atoms with Gasteiger partial charge >= 0.3 is 0 Å². The van der Waals surface area contributed by atoms with Gasteiger partial charge in [-0.1, -0.05) is 30.3 Å². The molecule has 1 fully saturated rings. The molecule has 4 heteroatoms. The molecule has 120 valence electrons. The van der Waals surface area contributed by atoms with E-state index in [0.29, 0.717) is 23.0 Å². The van der Waals surface area contributed by atoms with Crippen LogP contribution in [0.3, 0.4) is 0 Å². The molecular formula is C19H21NO3. The molecule has 2 aromatic rings. The molecule has 0 bridgehead atoms. The number of amides is 1. The zero-order valence-corrected chi connectivity index (χ0v) is 13.5. The topological polar surface area (TPSA) is 38.8 Å². The lowest BCUT2D eigenvalue weighted by molar-refractivity contribution is 0.0790. The average molecular weight is 311 g/mol. The van der Waals surface area contributed by atoms with Crippen molar-refractivity contribution < 1.29 is 14.3 Å². The Balaban J connectivity index is 1.74. The van der Waals surface area contributed by atoms with Gasteiger partial charge in [-0.3, -0.25) is 4.79 Å². The van der Waals surface area contributed by atoms with Crippen molar-refractivity contribution in [1.29, 1.82) is 0 Å². The van der Waals surface area contributed by atoms with Gasteiger partial charge < -0.3 is 14.4 Å². The van der Waals surface area contributed by atoms with Gasteiger partial charge in [-0.15, -0.1) is 0 Å². The summed E-state index contributed by atoms with van der Waals surface area (Å²) >= 11 is 0. The Hall–Kier alpha value is -2.49. The van der Waals surface area contributed by atoms with Gasteiger partial charge in [0.25, 0.3) is 5.91 Å².